The Bertz CT molecular complexity index is 666. The van der Waals surface area contributed by atoms with Crippen LogP contribution >= 0.6 is 11.3 Å². The Balaban J connectivity index is 1.96. The number of rotatable bonds is 3. The largest absolute Gasteiger partial charge is 0.333 e. The number of likely N-dealkylation sites (tertiary alicyclic amines) is 1. The molecule has 1 atom stereocenters. The number of benzene rings is 1. The molecule has 4 nitrogen and oxygen atoms in total. The van der Waals surface area contributed by atoms with E-state index >= 15 is 0 Å². The average Bonchev–Trinajstić information content (AvgIpc) is 2.81. The number of amides is 1. The van der Waals surface area contributed by atoms with Gasteiger partial charge < -0.3 is 10.6 Å². The van der Waals surface area contributed by atoms with E-state index in [2.05, 4.69) is 4.98 Å². The Morgan fingerprint density at radius 3 is 2.76 bits per heavy atom. The molecule has 0 radical (unpaired) electrons. The van der Waals surface area contributed by atoms with Gasteiger partial charge in [-0.25, -0.2) is 9.37 Å². The topological polar surface area (TPSA) is 59.2 Å². The average molecular weight is 305 g/mol. The van der Waals surface area contributed by atoms with Crippen molar-refractivity contribution >= 4 is 17.2 Å². The molecule has 1 aromatic heterocycles. The van der Waals surface area contributed by atoms with Crippen LogP contribution in [-0.2, 0) is 0 Å². The van der Waals surface area contributed by atoms with Crippen molar-refractivity contribution in [2.75, 3.05) is 13.1 Å². The van der Waals surface area contributed by atoms with Crippen LogP contribution in [0.1, 0.15) is 21.9 Å². The molecular formula is C15H16FN3OS. The van der Waals surface area contributed by atoms with Crippen LogP contribution in [0, 0.1) is 12.7 Å². The third kappa shape index (κ3) is 2.56. The Morgan fingerprint density at radius 1 is 1.48 bits per heavy atom. The molecule has 1 saturated heterocycles. The first-order chi connectivity index (χ1) is 10.1. The fourth-order valence-corrected chi connectivity index (χ4v) is 3.37. The Kier molecular flexibility index (Phi) is 3.73. The normalized spacial score (nSPS) is 17.7. The van der Waals surface area contributed by atoms with Gasteiger partial charge in [-0.15, -0.1) is 11.3 Å². The molecule has 2 heterocycles. The van der Waals surface area contributed by atoms with Crippen molar-refractivity contribution in [3.63, 3.8) is 0 Å². The summed E-state index contributed by atoms with van der Waals surface area (Å²) in [6.45, 7) is 3.06. The molecule has 1 aliphatic rings. The van der Waals surface area contributed by atoms with Gasteiger partial charge in [-0.3, -0.25) is 4.79 Å². The van der Waals surface area contributed by atoms with Gasteiger partial charge in [0.15, 0.2) is 0 Å². The van der Waals surface area contributed by atoms with E-state index in [0.717, 1.165) is 28.4 Å². The van der Waals surface area contributed by atoms with E-state index in [1.54, 1.807) is 17.0 Å². The number of carbonyl (C=O) groups excluding carboxylic acids is 1. The molecule has 110 valence electrons. The van der Waals surface area contributed by atoms with Gasteiger partial charge in [0, 0.05) is 19.1 Å². The Morgan fingerprint density at radius 2 is 2.19 bits per heavy atom. The summed E-state index contributed by atoms with van der Waals surface area (Å²) in [5.74, 6) is -0.376. The van der Waals surface area contributed by atoms with Crippen LogP contribution in [-0.4, -0.2) is 34.9 Å². The van der Waals surface area contributed by atoms with Crippen molar-refractivity contribution in [1.82, 2.24) is 9.88 Å². The number of hydrogen-bond donors (Lipinski definition) is 1. The summed E-state index contributed by atoms with van der Waals surface area (Å²) in [4.78, 5) is 19.5. The monoisotopic (exact) mass is 305 g/mol. The van der Waals surface area contributed by atoms with Gasteiger partial charge in [-0.2, -0.15) is 0 Å². The third-order valence-corrected chi connectivity index (χ3v) is 4.74. The van der Waals surface area contributed by atoms with E-state index < -0.39 is 0 Å². The van der Waals surface area contributed by atoms with E-state index in [1.165, 1.54) is 23.5 Å². The molecule has 1 fully saturated rings. The predicted octanol–water partition coefficient (Wildman–Crippen LogP) is 2.43. The van der Waals surface area contributed by atoms with Crippen LogP contribution in [0.15, 0.2) is 24.3 Å². The van der Waals surface area contributed by atoms with Crippen molar-refractivity contribution in [2.24, 2.45) is 5.73 Å². The number of aryl methyl sites for hydroxylation is 1. The number of aromatic nitrogens is 1. The van der Waals surface area contributed by atoms with Crippen LogP contribution in [0.5, 0.6) is 0 Å². The molecule has 1 aromatic carbocycles. The second kappa shape index (κ2) is 5.54. The smallest absolute Gasteiger partial charge is 0.274 e. The Hall–Kier alpha value is -1.79. The summed E-state index contributed by atoms with van der Waals surface area (Å²) in [6.07, 6.45) is 0.942. The van der Waals surface area contributed by atoms with Crippen molar-refractivity contribution < 1.29 is 9.18 Å². The maximum absolute atomic E-state index is 13.1. The molecule has 6 heteroatoms. The first-order valence-electron chi connectivity index (χ1n) is 6.84. The summed E-state index contributed by atoms with van der Waals surface area (Å²) < 4.78 is 13.1. The zero-order valence-corrected chi connectivity index (χ0v) is 12.5. The molecule has 0 aliphatic carbocycles. The maximum atomic E-state index is 13.1. The lowest BCUT2D eigenvalue weighted by molar-refractivity contribution is 0.0477. The fraction of sp³-hybridized carbons (Fsp3) is 0.333. The van der Waals surface area contributed by atoms with Crippen molar-refractivity contribution in [3.05, 3.63) is 40.8 Å². The first kappa shape index (κ1) is 14.2. The van der Waals surface area contributed by atoms with Crippen molar-refractivity contribution in [1.29, 1.82) is 0 Å². The number of halogens is 1. The van der Waals surface area contributed by atoms with Gasteiger partial charge >= 0.3 is 0 Å². The first-order valence-corrected chi connectivity index (χ1v) is 7.66. The van der Waals surface area contributed by atoms with Crippen LogP contribution in [0.2, 0.25) is 0 Å². The number of thiazole rings is 1. The van der Waals surface area contributed by atoms with Gasteiger partial charge in [0.2, 0.25) is 0 Å². The number of hydrogen-bond acceptors (Lipinski definition) is 4. The SMILES string of the molecule is Cc1nc(C(=O)N2CC[C@H]2CN)c(-c2ccc(F)cc2)s1. The van der Waals surface area contributed by atoms with E-state index in [1.807, 2.05) is 6.92 Å². The fourth-order valence-electron chi connectivity index (χ4n) is 2.46. The van der Waals surface area contributed by atoms with Gasteiger partial charge in [0.1, 0.15) is 11.5 Å². The van der Waals surface area contributed by atoms with Crippen LogP contribution in [0.3, 0.4) is 0 Å². The summed E-state index contributed by atoms with van der Waals surface area (Å²) in [6, 6.07) is 6.25. The highest BCUT2D eigenvalue weighted by molar-refractivity contribution is 7.15. The molecule has 1 aliphatic heterocycles. The summed E-state index contributed by atoms with van der Waals surface area (Å²) in [5.41, 5.74) is 6.92. The number of carbonyl (C=O) groups is 1. The zero-order chi connectivity index (χ0) is 15.0. The van der Waals surface area contributed by atoms with Crippen LogP contribution in [0.4, 0.5) is 4.39 Å². The van der Waals surface area contributed by atoms with Gasteiger partial charge in [-0.1, -0.05) is 12.1 Å². The van der Waals surface area contributed by atoms with Gasteiger partial charge in [-0.05, 0) is 31.0 Å². The molecule has 0 bridgehead atoms. The minimum absolute atomic E-state index is 0.0830. The molecular weight excluding hydrogens is 289 g/mol. The molecule has 0 unspecified atom stereocenters. The number of nitrogens with zero attached hydrogens (tertiary/aromatic N) is 2. The molecule has 21 heavy (non-hydrogen) atoms. The van der Waals surface area contributed by atoms with E-state index in [9.17, 15) is 9.18 Å². The van der Waals surface area contributed by atoms with Crippen LogP contribution in [0.25, 0.3) is 10.4 Å². The second-order valence-corrected chi connectivity index (χ2v) is 6.30. The highest BCUT2D eigenvalue weighted by Gasteiger charge is 2.34. The van der Waals surface area contributed by atoms with Crippen molar-refractivity contribution in [3.8, 4) is 10.4 Å². The lowest BCUT2D eigenvalue weighted by Gasteiger charge is -2.40. The lowest BCUT2D eigenvalue weighted by atomic mass is 10.0. The summed E-state index contributed by atoms with van der Waals surface area (Å²) in [7, 11) is 0. The second-order valence-electron chi connectivity index (χ2n) is 5.09. The summed E-state index contributed by atoms with van der Waals surface area (Å²) in [5, 5.41) is 0.822. The predicted molar refractivity (Wildman–Crippen MR) is 80.7 cm³/mol. The van der Waals surface area contributed by atoms with Gasteiger partial charge in [0.05, 0.1) is 9.88 Å². The number of nitrogens with two attached hydrogens (primary N) is 1. The standard InChI is InChI=1S/C15H16FN3OS/c1-9-18-13(15(20)19-7-6-12(19)8-17)14(21-9)10-2-4-11(16)5-3-10/h2-5,12H,6-8,17H2,1H3/t12-/m0/s1. The minimum Gasteiger partial charge on any atom is -0.333 e. The third-order valence-electron chi connectivity index (χ3n) is 3.72. The van der Waals surface area contributed by atoms with Crippen molar-refractivity contribution in [2.45, 2.75) is 19.4 Å². The van der Waals surface area contributed by atoms with E-state index in [0.29, 0.717) is 12.2 Å². The highest BCUT2D eigenvalue weighted by atomic mass is 32.1. The minimum atomic E-state index is -0.293. The zero-order valence-electron chi connectivity index (χ0n) is 11.7. The molecule has 1 amide bonds. The molecule has 3 rings (SSSR count). The molecule has 0 spiro atoms. The summed E-state index contributed by atoms with van der Waals surface area (Å²) >= 11 is 1.45. The Labute approximate surface area is 126 Å². The quantitative estimate of drug-likeness (QED) is 0.947. The van der Waals surface area contributed by atoms with E-state index in [-0.39, 0.29) is 17.8 Å². The molecule has 2 aromatic rings. The highest BCUT2D eigenvalue weighted by Crippen LogP contribution is 2.32. The van der Waals surface area contributed by atoms with Gasteiger partial charge in [0.25, 0.3) is 5.91 Å². The molecule has 0 saturated carbocycles. The maximum Gasteiger partial charge on any atom is 0.274 e. The molecule has 2 N–H and O–H groups in total. The lowest BCUT2D eigenvalue weighted by Crippen LogP contribution is -2.54. The van der Waals surface area contributed by atoms with E-state index in [4.69, 9.17) is 5.73 Å². The van der Waals surface area contributed by atoms with Crippen LogP contribution < -0.4 is 5.73 Å².